The maximum Gasteiger partial charge on any atom is 0.231 e. The van der Waals surface area contributed by atoms with E-state index < -0.39 is 0 Å². The van der Waals surface area contributed by atoms with Gasteiger partial charge in [0.25, 0.3) is 0 Å². The summed E-state index contributed by atoms with van der Waals surface area (Å²) >= 11 is 0. The summed E-state index contributed by atoms with van der Waals surface area (Å²) in [4.78, 5) is 16.2. The van der Waals surface area contributed by atoms with Crippen molar-refractivity contribution in [1.82, 2.24) is 4.98 Å². The monoisotopic (exact) mass is 249 g/mol. The van der Waals surface area contributed by atoms with Crippen molar-refractivity contribution in [3.05, 3.63) is 23.9 Å². The lowest BCUT2D eigenvalue weighted by Crippen LogP contribution is -2.29. The van der Waals surface area contributed by atoms with Crippen molar-refractivity contribution >= 4 is 11.7 Å². The van der Waals surface area contributed by atoms with Crippen molar-refractivity contribution in [2.75, 3.05) is 11.9 Å². The minimum Gasteiger partial charge on any atom is -0.377 e. The van der Waals surface area contributed by atoms with Gasteiger partial charge in [-0.1, -0.05) is 13.0 Å². The molecule has 1 fully saturated rings. The number of aromatic nitrogens is 1. The van der Waals surface area contributed by atoms with E-state index in [0.717, 1.165) is 18.4 Å². The Bertz CT molecular complexity index is 405. The van der Waals surface area contributed by atoms with Crippen LogP contribution in [0.15, 0.2) is 18.3 Å². The number of anilines is 1. The lowest BCUT2D eigenvalue weighted by molar-refractivity contribution is -0.121. The number of amides is 1. The number of carbonyl (C=O) groups excluding carboxylic acids is 1. The SMILES string of the molecule is CCC1OCCC1C(=O)Nc1ccc(CN)cn1. The molecule has 18 heavy (non-hydrogen) atoms. The van der Waals surface area contributed by atoms with Gasteiger partial charge in [-0.3, -0.25) is 4.79 Å². The number of hydrogen-bond acceptors (Lipinski definition) is 4. The Balaban J connectivity index is 1.97. The zero-order chi connectivity index (χ0) is 13.0. The number of nitrogens with zero attached hydrogens (tertiary/aromatic N) is 1. The summed E-state index contributed by atoms with van der Waals surface area (Å²) in [5, 5.41) is 2.83. The summed E-state index contributed by atoms with van der Waals surface area (Å²) in [6.07, 6.45) is 3.36. The van der Waals surface area contributed by atoms with E-state index in [9.17, 15) is 4.79 Å². The Morgan fingerprint density at radius 2 is 2.44 bits per heavy atom. The highest BCUT2D eigenvalue weighted by Crippen LogP contribution is 2.24. The Hall–Kier alpha value is -1.46. The number of carbonyl (C=O) groups is 1. The molecule has 1 aromatic rings. The number of hydrogen-bond donors (Lipinski definition) is 2. The number of pyridine rings is 1. The molecule has 2 rings (SSSR count). The van der Waals surface area contributed by atoms with E-state index in [1.54, 1.807) is 12.3 Å². The van der Waals surface area contributed by atoms with Gasteiger partial charge in [-0.05, 0) is 24.5 Å². The number of ether oxygens (including phenoxy) is 1. The second-order valence-electron chi connectivity index (χ2n) is 4.46. The van der Waals surface area contributed by atoms with E-state index in [2.05, 4.69) is 10.3 Å². The molecule has 2 unspecified atom stereocenters. The molecule has 5 heteroatoms. The van der Waals surface area contributed by atoms with Crippen molar-refractivity contribution in [2.24, 2.45) is 11.7 Å². The molecule has 2 heterocycles. The van der Waals surface area contributed by atoms with Gasteiger partial charge in [0.15, 0.2) is 0 Å². The van der Waals surface area contributed by atoms with Crippen LogP contribution in [0.3, 0.4) is 0 Å². The fraction of sp³-hybridized carbons (Fsp3) is 0.538. The molecular formula is C13H19N3O2. The number of nitrogens with two attached hydrogens (primary N) is 1. The molecule has 5 nitrogen and oxygen atoms in total. The average molecular weight is 249 g/mol. The topological polar surface area (TPSA) is 77.2 Å². The van der Waals surface area contributed by atoms with Crippen molar-refractivity contribution in [3.63, 3.8) is 0 Å². The third-order valence-electron chi connectivity index (χ3n) is 3.26. The molecule has 2 atom stereocenters. The van der Waals surface area contributed by atoms with Crippen LogP contribution in [-0.4, -0.2) is 23.6 Å². The number of nitrogens with one attached hydrogen (secondary N) is 1. The third kappa shape index (κ3) is 2.86. The van der Waals surface area contributed by atoms with Crippen LogP contribution in [0.4, 0.5) is 5.82 Å². The van der Waals surface area contributed by atoms with E-state index in [4.69, 9.17) is 10.5 Å². The predicted molar refractivity (Wildman–Crippen MR) is 68.9 cm³/mol. The van der Waals surface area contributed by atoms with E-state index >= 15 is 0 Å². The second-order valence-corrected chi connectivity index (χ2v) is 4.46. The zero-order valence-corrected chi connectivity index (χ0v) is 10.6. The fourth-order valence-electron chi connectivity index (χ4n) is 2.19. The Labute approximate surface area is 107 Å². The predicted octanol–water partition coefficient (Wildman–Crippen LogP) is 1.29. The van der Waals surface area contributed by atoms with Crippen molar-refractivity contribution in [2.45, 2.75) is 32.4 Å². The van der Waals surface area contributed by atoms with Gasteiger partial charge < -0.3 is 15.8 Å². The van der Waals surface area contributed by atoms with E-state index in [-0.39, 0.29) is 17.9 Å². The summed E-state index contributed by atoms with van der Waals surface area (Å²) in [6.45, 7) is 3.15. The first-order chi connectivity index (χ1) is 8.74. The first-order valence-electron chi connectivity index (χ1n) is 6.32. The standard InChI is InChI=1S/C13H19N3O2/c1-2-11-10(5-6-18-11)13(17)16-12-4-3-9(7-14)8-15-12/h3-4,8,10-11H,2,5-7,14H2,1H3,(H,15,16,17). The molecule has 0 saturated carbocycles. The molecule has 0 radical (unpaired) electrons. The molecule has 1 amide bonds. The van der Waals surface area contributed by atoms with Gasteiger partial charge in [0.2, 0.25) is 5.91 Å². The van der Waals surface area contributed by atoms with Crippen LogP contribution in [0.1, 0.15) is 25.3 Å². The molecular weight excluding hydrogens is 230 g/mol. The average Bonchev–Trinajstić information content (AvgIpc) is 2.88. The lowest BCUT2D eigenvalue weighted by Gasteiger charge is -2.16. The molecule has 1 aliphatic heterocycles. The van der Waals surface area contributed by atoms with Crippen LogP contribution in [-0.2, 0) is 16.1 Å². The molecule has 1 saturated heterocycles. The maximum atomic E-state index is 12.1. The Kier molecular flexibility index (Phi) is 4.28. The second kappa shape index (κ2) is 5.93. The molecule has 0 spiro atoms. The highest BCUT2D eigenvalue weighted by atomic mass is 16.5. The highest BCUT2D eigenvalue weighted by molar-refractivity contribution is 5.92. The molecule has 98 valence electrons. The molecule has 0 aromatic carbocycles. The van der Waals surface area contributed by atoms with Gasteiger partial charge in [-0.15, -0.1) is 0 Å². The zero-order valence-electron chi connectivity index (χ0n) is 10.6. The van der Waals surface area contributed by atoms with Gasteiger partial charge in [-0.25, -0.2) is 4.98 Å². The highest BCUT2D eigenvalue weighted by Gasteiger charge is 2.32. The van der Waals surface area contributed by atoms with Crippen molar-refractivity contribution in [1.29, 1.82) is 0 Å². The van der Waals surface area contributed by atoms with Crippen LogP contribution in [0.25, 0.3) is 0 Å². The minimum absolute atomic E-state index is 0.00708. The molecule has 0 bridgehead atoms. The maximum absolute atomic E-state index is 12.1. The number of rotatable bonds is 4. The molecule has 1 aromatic heterocycles. The van der Waals surface area contributed by atoms with Crippen molar-refractivity contribution in [3.8, 4) is 0 Å². The molecule has 3 N–H and O–H groups in total. The van der Waals surface area contributed by atoms with E-state index in [1.165, 1.54) is 0 Å². The largest absolute Gasteiger partial charge is 0.377 e. The summed E-state index contributed by atoms with van der Waals surface area (Å²) in [5.41, 5.74) is 6.44. The van der Waals surface area contributed by atoms with Crippen LogP contribution >= 0.6 is 0 Å². The van der Waals surface area contributed by atoms with Crippen LogP contribution in [0.5, 0.6) is 0 Å². The summed E-state index contributed by atoms with van der Waals surface area (Å²) < 4.78 is 5.51. The van der Waals surface area contributed by atoms with Gasteiger partial charge >= 0.3 is 0 Å². The van der Waals surface area contributed by atoms with Crippen molar-refractivity contribution < 1.29 is 9.53 Å². The van der Waals surface area contributed by atoms with Gasteiger partial charge in [0, 0.05) is 19.3 Å². The quantitative estimate of drug-likeness (QED) is 0.843. The normalized spacial score (nSPS) is 23.0. The summed E-state index contributed by atoms with van der Waals surface area (Å²) in [7, 11) is 0. The summed E-state index contributed by atoms with van der Waals surface area (Å²) in [5.74, 6) is 0.497. The van der Waals surface area contributed by atoms with Gasteiger partial charge in [0.1, 0.15) is 5.82 Å². The van der Waals surface area contributed by atoms with Gasteiger partial charge in [0.05, 0.1) is 12.0 Å². The lowest BCUT2D eigenvalue weighted by atomic mass is 9.99. The van der Waals surface area contributed by atoms with E-state index in [1.807, 2.05) is 13.0 Å². The van der Waals surface area contributed by atoms with E-state index in [0.29, 0.717) is 19.0 Å². The third-order valence-corrected chi connectivity index (χ3v) is 3.26. The van der Waals surface area contributed by atoms with Gasteiger partial charge in [-0.2, -0.15) is 0 Å². The minimum atomic E-state index is -0.0639. The fourth-order valence-corrected chi connectivity index (χ4v) is 2.19. The Morgan fingerprint density at radius 1 is 1.61 bits per heavy atom. The van der Waals surface area contributed by atoms with Crippen LogP contribution < -0.4 is 11.1 Å². The summed E-state index contributed by atoms with van der Waals surface area (Å²) in [6, 6.07) is 3.64. The molecule has 1 aliphatic rings. The van der Waals surface area contributed by atoms with Crippen LogP contribution in [0.2, 0.25) is 0 Å². The molecule has 0 aliphatic carbocycles. The Morgan fingerprint density at radius 3 is 3.06 bits per heavy atom. The smallest absolute Gasteiger partial charge is 0.231 e. The van der Waals surface area contributed by atoms with Crippen LogP contribution in [0, 0.1) is 5.92 Å². The first-order valence-corrected chi connectivity index (χ1v) is 6.32. The first kappa shape index (κ1) is 13.0.